The largest absolute Gasteiger partial charge is 0.497 e. The Morgan fingerprint density at radius 2 is 1.74 bits per heavy atom. The number of carbonyl (C=O) groups is 2. The minimum absolute atomic E-state index is 0.182. The van der Waals surface area contributed by atoms with E-state index in [0.29, 0.717) is 35.1 Å². The maximum Gasteiger partial charge on any atom is 0.338 e. The predicted octanol–water partition coefficient (Wildman–Crippen LogP) is 3.29. The molecule has 0 saturated carbocycles. The summed E-state index contributed by atoms with van der Waals surface area (Å²) in [4.78, 5) is 24.1. The standard InChI is InChI=1S/C20H23NO6/c1-4-25-18-11-14(20(23)26-5-2)9-10-17(18)21-19(22)13-27-16-8-6-7-15(12-16)24-3/h6-12H,4-5,13H2,1-3H3,(H,21,22). The summed E-state index contributed by atoms with van der Waals surface area (Å²) >= 11 is 0. The summed E-state index contributed by atoms with van der Waals surface area (Å²) in [5.74, 6) is 0.742. The molecule has 7 nitrogen and oxygen atoms in total. The van der Waals surface area contributed by atoms with E-state index in [-0.39, 0.29) is 19.1 Å². The molecule has 2 aromatic carbocycles. The minimum atomic E-state index is -0.447. The Bertz CT molecular complexity index is 790. The molecule has 144 valence electrons. The molecule has 2 rings (SSSR count). The third-order valence-corrected chi connectivity index (χ3v) is 3.48. The van der Waals surface area contributed by atoms with Crippen molar-refractivity contribution >= 4 is 17.6 Å². The zero-order chi connectivity index (χ0) is 19.6. The number of carbonyl (C=O) groups excluding carboxylic acids is 2. The van der Waals surface area contributed by atoms with E-state index in [1.54, 1.807) is 56.5 Å². The smallest absolute Gasteiger partial charge is 0.338 e. The highest BCUT2D eigenvalue weighted by Crippen LogP contribution is 2.26. The topological polar surface area (TPSA) is 83.1 Å². The Morgan fingerprint density at radius 3 is 2.44 bits per heavy atom. The molecule has 0 fully saturated rings. The number of methoxy groups -OCH3 is 1. The number of benzene rings is 2. The van der Waals surface area contributed by atoms with Gasteiger partial charge in [0.05, 0.1) is 31.6 Å². The van der Waals surface area contributed by atoms with Gasteiger partial charge in [-0.1, -0.05) is 6.07 Å². The fraction of sp³-hybridized carbons (Fsp3) is 0.300. The summed E-state index contributed by atoms with van der Waals surface area (Å²) in [5, 5.41) is 2.72. The number of hydrogen-bond donors (Lipinski definition) is 1. The average molecular weight is 373 g/mol. The highest BCUT2D eigenvalue weighted by Gasteiger charge is 2.14. The van der Waals surface area contributed by atoms with Crippen LogP contribution in [0.2, 0.25) is 0 Å². The molecule has 1 N–H and O–H groups in total. The first-order valence-electron chi connectivity index (χ1n) is 8.58. The second-order valence-electron chi connectivity index (χ2n) is 5.38. The van der Waals surface area contributed by atoms with E-state index >= 15 is 0 Å². The normalized spacial score (nSPS) is 10.0. The Hall–Kier alpha value is -3.22. The van der Waals surface area contributed by atoms with Crippen molar-refractivity contribution in [2.45, 2.75) is 13.8 Å². The van der Waals surface area contributed by atoms with Gasteiger partial charge < -0.3 is 24.3 Å². The summed E-state index contributed by atoms with van der Waals surface area (Å²) in [6.45, 7) is 4.03. The first-order chi connectivity index (χ1) is 13.1. The van der Waals surface area contributed by atoms with Crippen LogP contribution in [-0.4, -0.2) is 38.8 Å². The van der Waals surface area contributed by atoms with Crippen molar-refractivity contribution in [3.63, 3.8) is 0 Å². The zero-order valence-corrected chi connectivity index (χ0v) is 15.6. The number of hydrogen-bond acceptors (Lipinski definition) is 6. The lowest BCUT2D eigenvalue weighted by Gasteiger charge is -2.13. The van der Waals surface area contributed by atoms with Gasteiger partial charge in [-0.05, 0) is 44.2 Å². The maximum atomic E-state index is 12.2. The van der Waals surface area contributed by atoms with Crippen LogP contribution in [0.15, 0.2) is 42.5 Å². The lowest BCUT2D eigenvalue weighted by molar-refractivity contribution is -0.118. The molecule has 0 unspecified atom stereocenters. The van der Waals surface area contributed by atoms with Crippen molar-refractivity contribution in [3.05, 3.63) is 48.0 Å². The van der Waals surface area contributed by atoms with Crippen LogP contribution in [0.4, 0.5) is 5.69 Å². The maximum absolute atomic E-state index is 12.2. The van der Waals surface area contributed by atoms with Crippen LogP contribution in [0.5, 0.6) is 17.2 Å². The minimum Gasteiger partial charge on any atom is -0.497 e. The van der Waals surface area contributed by atoms with Gasteiger partial charge in [0.1, 0.15) is 17.2 Å². The Morgan fingerprint density at radius 1 is 0.963 bits per heavy atom. The fourth-order valence-electron chi connectivity index (χ4n) is 2.27. The van der Waals surface area contributed by atoms with E-state index in [9.17, 15) is 9.59 Å². The van der Waals surface area contributed by atoms with E-state index in [2.05, 4.69) is 5.32 Å². The van der Waals surface area contributed by atoms with Crippen LogP contribution in [0.3, 0.4) is 0 Å². The number of nitrogens with one attached hydrogen (secondary N) is 1. The lowest BCUT2D eigenvalue weighted by atomic mass is 10.2. The number of rotatable bonds is 9. The van der Waals surface area contributed by atoms with E-state index in [1.165, 1.54) is 0 Å². The third-order valence-electron chi connectivity index (χ3n) is 3.48. The summed E-state index contributed by atoms with van der Waals surface area (Å²) in [7, 11) is 1.56. The number of ether oxygens (including phenoxy) is 4. The van der Waals surface area contributed by atoms with Crippen LogP contribution < -0.4 is 19.5 Å². The Labute approximate surface area is 158 Å². The molecule has 0 aromatic heterocycles. The average Bonchev–Trinajstić information content (AvgIpc) is 2.68. The summed E-state index contributed by atoms with van der Waals surface area (Å²) < 4.78 is 21.1. The highest BCUT2D eigenvalue weighted by atomic mass is 16.5. The van der Waals surface area contributed by atoms with Gasteiger partial charge in [-0.2, -0.15) is 0 Å². The number of anilines is 1. The molecule has 0 radical (unpaired) electrons. The van der Waals surface area contributed by atoms with Crippen molar-refractivity contribution in [1.29, 1.82) is 0 Å². The second kappa shape index (κ2) is 10.1. The Balaban J connectivity index is 2.03. The summed E-state index contributed by atoms with van der Waals surface area (Å²) in [6.07, 6.45) is 0. The monoisotopic (exact) mass is 373 g/mol. The molecule has 0 spiro atoms. The molecule has 7 heteroatoms. The van der Waals surface area contributed by atoms with E-state index in [1.807, 2.05) is 6.92 Å². The van der Waals surface area contributed by atoms with Gasteiger partial charge in [-0.3, -0.25) is 4.79 Å². The van der Waals surface area contributed by atoms with Gasteiger partial charge >= 0.3 is 5.97 Å². The van der Waals surface area contributed by atoms with E-state index < -0.39 is 5.97 Å². The van der Waals surface area contributed by atoms with Crippen LogP contribution >= 0.6 is 0 Å². The first-order valence-corrected chi connectivity index (χ1v) is 8.58. The van der Waals surface area contributed by atoms with Crippen LogP contribution in [0.25, 0.3) is 0 Å². The molecular formula is C20H23NO6. The molecule has 2 aromatic rings. The van der Waals surface area contributed by atoms with Gasteiger partial charge in [-0.15, -0.1) is 0 Å². The van der Waals surface area contributed by atoms with E-state index in [4.69, 9.17) is 18.9 Å². The van der Waals surface area contributed by atoms with Crippen molar-refractivity contribution in [2.75, 3.05) is 32.2 Å². The van der Waals surface area contributed by atoms with Crippen LogP contribution in [0.1, 0.15) is 24.2 Å². The molecule has 27 heavy (non-hydrogen) atoms. The fourth-order valence-corrected chi connectivity index (χ4v) is 2.27. The molecule has 1 amide bonds. The van der Waals surface area contributed by atoms with Crippen molar-refractivity contribution < 1.29 is 28.5 Å². The van der Waals surface area contributed by atoms with Crippen molar-refractivity contribution in [3.8, 4) is 17.2 Å². The van der Waals surface area contributed by atoms with Crippen molar-refractivity contribution in [1.82, 2.24) is 0 Å². The quantitative estimate of drug-likeness (QED) is 0.679. The molecule has 0 aliphatic rings. The molecule has 0 bridgehead atoms. The molecule has 0 heterocycles. The SMILES string of the molecule is CCOC(=O)c1ccc(NC(=O)COc2cccc(OC)c2)c(OCC)c1. The zero-order valence-electron chi connectivity index (χ0n) is 15.6. The van der Waals surface area contributed by atoms with Gasteiger partial charge in [0.25, 0.3) is 5.91 Å². The highest BCUT2D eigenvalue weighted by molar-refractivity contribution is 5.95. The predicted molar refractivity (Wildman–Crippen MR) is 101 cm³/mol. The van der Waals surface area contributed by atoms with Gasteiger partial charge in [0.15, 0.2) is 6.61 Å². The molecule has 0 aliphatic heterocycles. The number of esters is 1. The Kier molecular flexibility index (Phi) is 7.49. The number of amides is 1. The molecule has 0 atom stereocenters. The molecule has 0 aliphatic carbocycles. The molecular weight excluding hydrogens is 350 g/mol. The van der Waals surface area contributed by atoms with Crippen LogP contribution in [-0.2, 0) is 9.53 Å². The third kappa shape index (κ3) is 5.91. The molecule has 0 saturated heterocycles. The van der Waals surface area contributed by atoms with Crippen molar-refractivity contribution in [2.24, 2.45) is 0 Å². The van der Waals surface area contributed by atoms with Gasteiger partial charge in [-0.25, -0.2) is 4.79 Å². The second-order valence-corrected chi connectivity index (χ2v) is 5.38. The lowest BCUT2D eigenvalue weighted by Crippen LogP contribution is -2.20. The van der Waals surface area contributed by atoms with Gasteiger partial charge in [0, 0.05) is 6.07 Å². The first kappa shape index (κ1) is 20.1. The summed E-state index contributed by atoms with van der Waals surface area (Å²) in [6, 6.07) is 11.7. The van der Waals surface area contributed by atoms with E-state index in [0.717, 1.165) is 0 Å². The van der Waals surface area contributed by atoms with Crippen LogP contribution in [0, 0.1) is 0 Å². The summed E-state index contributed by atoms with van der Waals surface area (Å²) in [5.41, 5.74) is 0.801. The van der Waals surface area contributed by atoms with Gasteiger partial charge in [0.2, 0.25) is 0 Å².